The Morgan fingerprint density at radius 1 is 1.20 bits per heavy atom. The summed E-state index contributed by atoms with van der Waals surface area (Å²) >= 11 is 0. The van der Waals surface area contributed by atoms with E-state index in [1.165, 1.54) is 11.3 Å². The third-order valence-electron chi connectivity index (χ3n) is 5.47. The minimum atomic E-state index is 0. The lowest BCUT2D eigenvalue weighted by atomic mass is 10.2. The summed E-state index contributed by atoms with van der Waals surface area (Å²) in [5.41, 5.74) is 4.74. The second-order valence-corrected chi connectivity index (χ2v) is 7.71. The van der Waals surface area contributed by atoms with Crippen molar-refractivity contribution in [2.75, 3.05) is 31.6 Å². The van der Waals surface area contributed by atoms with Gasteiger partial charge in [-0.2, -0.15) is 0 Å². The molecule has 0 amide bonds. The fourth-order valence-corrected chi connectivity index (χ4v) is 3.84. The Kier molecular flexibility index (Phi) is 7.95. The maximum Gasteiger partial charge on any atom is 0.191 e. The number of aliphatic imine (C=N–C) groups is 1. The van der Waals surface area contributed by atoms with Gasteiger partial charge in [0.1, 0.15) is 5.82 Å². The molecule has 2 heterocycles. The molecular formula is C23H31IN6. The van der Waals surface area contributed by atoms with Gasteiger partial charge in [-0.1, -0.05) is 29.8 Å². The van der Waals surface area contributed by atoms with Gasteiger partial charge < -0.3 is 20.5 Å². The van der Waals surface area contributed by atoms with Crippen LogP contribution in [0.2, 0.25) is 0 Å². The van der Waals surface area contributed by atoms with Crippen LogP contribution >= 0.6 is 24.0 Å². The van der Waals surface area contributed by atoms with Crippen LogP contribution in [-0.2, 0) is 6.42 Å². The number of nitrogens with zero attached hydrogens (tertiary/aromatic N) is 3. The van der Waals surface area contributed by atoms with Gasteiger partial charge in [-0.05, 0) is 44.0 Å². The quantitative estimate of drug-likeness (QED) is 0.201. The zero-order chi connectivity index (χ0) is 20.1. The summed E-state index contributed by atoms with van der Waals surface area (Å²) in [6.45, 7) is 5.07. The SMILES string of the molecule is CN=C(NCCCc1nc2ccccc2[nH]1)NC1CCN(c2ccc(C)cc2)C1.I. The minimum absolute atomic E-state index is 0. The third-order valence-corrected chi connectivity index (χ3v) is 5.47. The molecule has 0 aliphatic carbocycles. The van der Waals surface area contributed by atoms with Gasteiger partial charge in [0.05, 0.1) is 11.0 Å². The predicted octanol–water partition coefficient (Wildman–Crippen LogP) is 3.87. The number of para-hydroxylation sites is 2. The maximum absolute atomic E-state index is 4.64. The number of anilines is 1. The van der Waals surface area contributed by atoms with Crippen LogP contribution in [0.4, 0.5) is 5.69 Å². The van der Waals surface area contributed by atoms with Gasteiger partial charge in [0.25, 0.3) is 0 Å². The van der Waals surface area contributed by atoms with E-state index in [0.717, 1.165) is 61.7 Å². The second-order valence-electron chi connectivity index (χ2n) is 7.71. The van der Waals surface area contributed by atoms with Crippen LogP contribution in [0.25, 0.3) is 11.0 Å². The van der Waals surface area contributed by atoms with E-state index < -0.39 is 0 Å². The Morgan fingerprint density at radius 3 is 2.77 bits per heavy atom. The molecule has 0 saturated carbocycles. The molecule has 4 rings (SSSR count). The molecule has 1 aromatic heterocycles. The van der Waals surface area contributed by atoms with Crippen molar-refractivity contribution in [3.8, 4) is 0 Å². The zero-order valence-corrected chi connectivity index (χ0v) is 20.0. The second kappa shape index (κ2) is 10.7. The molecule has 6 nitrogen and oxygen atoms in total. The maximum atomic E-state index is 4.64. The number of aromatic amines is 1. The first kappa shape index (κ1) is 22.4. The predicted molar refractivity (Wildman–Crippen MR) is 136 cm³/mol. The molecular weight excluding hydrogens is 487 g/mol. The number of guanidine groups is 1. The number of aromatic nitrogens is 2. The lowest BCUT2D eigenvalue weighted by molar-refractivity contribution is 0.641. The molecule has 1 fully saturated rings. The van der Waals surface area contributed by atoms with Gasteiger partial charge in [0, 0.05) is 44.8 Å². The molecule has 3 N–H and O–H groups in total. The molecule has 1 atom stereocenters. The molecule has 0 bridgehead atoms. The molecule has 3 aromatic rings. The van der Waals surface area contributed by atoms with Crippen LogP contribution in [-0.4, -0.2) is 48.7 Å². The molecule has 1 unspecified atom stereocenters. The highest BCUT2D eigenvalue weighted by atomic mass is 127. The van der Waals surface area contributed by atoms with E-state index in [2.05, 4.69) is 67.7 Å². The van der Waals surface area contributed by atoms with Crippen molar-refractivity contribution < 1.29 is 0 Å². The van der Waals surface area contributed by atoms with E-state index in [9.17, 15) is 0 Å². The normalized spacial score (nSPS) is 16.5. The number of benzene rings is 2. The average molecular weight is 518 g/mol. The highest BCUT2D eigenvalue weighted by Crippen LogP contribution is 2.20. The monoisotopic (exact) mass is 518 g/mol. The van der Waals surface area contributed by atoms with E-state index >= 15 is 0 Å². The number of fused-ring (bicyclic) bond motifs is 1. The van der Waals surface area contributed by atoms with Crippen molar-refractivity contribution in [3.63, 3.8) is 0 Å². The van der Waals surface area contributed by atoms with Gasteiger partial charge in [0.2, 0.25) is 0 Å². The van der Waals surface area contributed by atoms with Crippen LogP contribution in [0.3, 0.4) is 0 Å². The zero-order valence-electron chi connectivity index (χ0n) is 17.7. The summed E-state index contributed by atoms with van der Waals surface area (Å²) < 4.78 is 0. The van der Waals surface area contributed by atoms with Crippen LogP contribution in [0.15, 0.2) is 53.5 Å². The average Bonchev–Trinajstić information content (AvgIpc) is 3.37. The summed E-state index contributed by atoms with van der Waals surface area (Å²) in [6.07, 6.45) is 3.04. The van der Waals surface area contributed by atoms with E-state index in [1.54, 1.807) is 0 Å². The number of rotatable bonds is 6. The van der Waals surface area contributed by atoms with Crippen LogP contribution in [0, 0.1) is 6.92 Å². The highest BCUT2D eigenvalue weighted by molar-refractivity contribution is 14.0. The lowest BCUT2D eigenvalue weighted by Crippen LogP contribution is -2.44. The van der Waals surface area contributed by atoms with E-state index in [4.69, 9.17) is 0 Å². The van der Waals surface area contributed by atoms with Crippen LogP contribution in [0.1, 0.15) is 24.2 Å². The summed E-state index contributed by atoms with van der Waals surface area (Å²) in [6, 6.07) is 17.4. The van der Waals surface area contributed by atoms with Gasteiger partial charge in [-0.15, -0.1) is 24.0 Å². The van der Waals surface area contributed by atoms with Crippen molar-refractivity contribution in [2.45, 2.75) is 32.2 Å². The number of hydrogen-bond acceptors (Lipinski definition) is 3. The molecule has 1 aliphatic heterocycles. The molecule has 0 radical (unpaired) electrons. The number of hydrogen-bond donors (Lipinski definition) is 3. The van der Waals surface area contributed by atoms with Gasteiger partial charge >= 0.3 is 0 Å². The summed E-state index contributed by atoms with van der Waals surface area (Å²) in [7, 11) is 1.83. The molecule has 1 aliphatic rings. The molecule has 160 valence electrons. The van der Waals surface area contributed by atoms with E-state index in [-0.39, 0.29) is 24.0 Å². The van der Waals surface area contributed by atoms with Crippen LogP contribution < -0.4 is 15.5 Å². The largest absolute Gasteiger partial charge is 0.369 e. The molecule has 0 spiro atoms. The Labute approximate surface area is 195 Å². The first-order valence-corrected chi connectivity index (χ1v) is 10.4. The molecule has 7 heteroatoms. The van der Waals surface area contributed by atoms with E-state index in [0.29, 0.717) is 6.04 Å². The molecule has 30 heavy (non-hydrogen) atoms. The molecule has 2 aromatic carbocycles. The number of H-pyrrole nitrogens is 1. The standard InChI is InChI=1S/C23H30N6.HI/c1-17-9-11-19(12-10-17)29-15-13-18(16-29)26-23(24-2)25-14-5-8-22-27-20-6-3-4-7-21(20)28-22;/h3-4,6-7,9-12,18H,5,8,13-16H2,1-2H3,(H,27,28)(H2,24,25,26);1H. The Bertz CT molecular complexity index is 932. The summed E-state index contributed by atoms with van der Waals surface area (Å²) in [4.78, 5) is 14.9. The number of nitrogens with one attached hydrogen (secondary N) is 3. The lowest BCUT2D eigenvalue weighted by Gasteiger charge is -2.20. The van der Waals surface area contributed by atoms with Crippen LogP contribution in [0.5, 0.6) is 0 Å². The fourth-order valence-electron chi connectivity index (χ4n) is 3.84. The smallest absolute Gasteiger partial charge is 0.191 e. The summed E-state index contributed by atoms with van der Waals surface area (Å²) in [5.74, 6) is 1.92. The number of aryl methyl sites for hydroxylation is 2. The summed E-state index contributed by atoms with van der Waals surface area (Å²) in [5, 5.41) is 7.01. The highest BCUT2D eigenvalue weighted by Gasteiger charge is 2.23. The van der Waals surface area contributed by atoms with E-state index in [1.807, 2.05) is 25.2 Å². The van der Waals surface area contributed by atoms with Crippen molar-refractivity contribution >= 4 is 46.7 Å². The van der Waals surface area contributed by atoms with Gasteiger partial charge in [-0.25, -0.2) is 4.98 Å². The first-order valence-electron chi connectivity index (χ1n) is 10.4. The first-order chi connectivity index (χ1) is 14.2. The third kappa shape index (κ3) is 5.65. The van der Waals surface area contributed by atoms with Crippen molar-refractivity contribution in [1.82, 2.24) is 20.6 Å². The van der Waals surface area contributed by atoms with Gasteiger partial charge in [0.15, 0.2) is 5.96 Å². The van der Waals surface area contributed by atoms with Gasteiger partial charge in [-0.3, -0.25) is 4.99 Å². The fraction of sp³-hybridized carbons (Fsp3) is 0.391. The Hall–Kier alpha value is -2.29. The van der Waals surface area contributed by atoms with Crippen molar-refractivity contribution in [1.29, 1.82) is 0 Å². The number of halogens is 1. The Morgan fingerprint density at radius 2 is 2.00 bits per heavy atom. The Balaban J connectivity index is 0.00000256. The number of imidazole rings is 1. The van der Waals surface area contributed by atoms with Crippen molar-refractivity contribution in [3.05, 3.63) is 59.9 Å². The molecule has 1 saturated heterocycles. The minimum Gasteiger partial charge on any atom is -0.369 e. The van der Waals surface area contributed by atoms with Crippen molar-refractivity contribution in [2.24, 2.45) is 4.99 Å². The topological polar surface area (TPSA) is 68.3 Å².